The SMILES string of the molecule is CCN(Cc1nc(C)c(C)s1)CC1CCCN1. The van der Waals surface area contributed by atoms with Gasteiger partial charge in [-0.2, -0.15) is 0 Å². The van der Waals surface area contributed by atoms with Crippen molar-refractivity contribution < 1.29 is 0 Å². The largest absolute Gasteiger partial charge is 0.313 e. The van der Waals surface area contributed by atoms with Gasteiger partial charge in [-0.05, 0) is 39.8 Å². The fourth-order valence-electron chi connectivity index (χ4n) is 2.33. The number of aryl methyl sites for hydroxylation is 2. The molecule has 2 rings (SSSR count). The molecular weight excluding hydrogens is 230 g/mol. The molecule has 0 aliphatic carbocycles. The Morgan fingerprint density at radius 1 is 1.47 bits per heavy atom. The Morgan fingerprint density at radius 2 is 2.29 bits per heavy atom. The minimum atomic E-state index is 0.692. The van der Waals surface area contributed by atoms with Gasteiger partial charge in [-0.25, -0.2) is 4.98 Å². The van der Waals surface area contributed by atoms with Gasteiger partial charge in [0.2, 0.25) is 0 Å². The van der Waals surface area contributed by atoms with Crippen molar-refractivity contribution in [3.05, 3.63) is 15.6 Å². The lowest BCUT2D eigenvalue weighted by molar-refractivity contribution is 0.253. The highest BCUT2D eigenvalue weighted by Crippen LogP contribution is 2.18. The average molecular weight is 253 g/mol. The van der Waals surface area contributed by atoms with Crippen molar-refractivity contribution in [3.63, 3.8) is 0 Å². The van der Waals surface area contributed by atoms with Crippen LogP contribution < -0.4 is 5.32 Å². The number of hydrogen-bond donors (Lipinski definition) is 1. The third-order valence-corrected chi connectivity index (χ3v) is 4.58. The normalized spacial score (nSPS) is 20.4. The molecule has 0 spiro atoms. The number of nitrogens with zero attached hydrogens (tertiary/aromatic N) is 2. The zero-order valence-corrected chi connectivity index (χ0v) is 11.9. The molecule has 0 saturated carbocycles. The van der Waals surface area contributed by atoms with Gasteiger partial charge in [0.15, 0.2) is 0 Å². The molecule has 1 aromatic rings. The maximum absolute atomic E-state index is 4.63. The number of likely N-dealkylation sites (N-methyl/N-ethyl adjacent to an activating group) is 1. The predicted octanol–water partition coefficient (Wildman–Crippen LogP) is 2.33. The molecule has 1 atom stereocenters. The van der Waals surface area contributed by atoms with Gasteiger partial charge in [0.25, 0.3) is 0 Å². The highest BCUT2D eigenvalue weighted by molar-refractivity contribution is 7.11. The number of nitrogens with one attached hydrogen (secondary N) is 1. The van der Waals surface area contributed by atoms with Crippen LogP contribution in [0.1, 0.15) is 35.3 Å². The van der Waals surface area contributed by atoms with Gasteiger partial charge >= 0.3 is 0 Å². The lowest BCUT2D eigenvalue weighted by atomic mass is 10.2. The van der Waals surface area contributed by atoms with Gasteiger partial charge < -0.3 is 5.32 Å². The summed E-state index contributed by atoms with van der Waals surface area (Å²) in [6.45, 7) is 11.0. The van der Waals surface area contributed by atoms with Gasteiger partial charge in [0.1, 0.15) is 5.01 Å². The molecule has 1 saturated heterocycles. The van der Waals surface area contributed by atoms with Gasteiger partial charge in [-0.15, -0.1) is 11.3 Å². The van der Waals surface area contributed by atoms with E-state index in [0.29, 0.717) is 6.04 Å². The van der Waals surface area contributed by atoms with Gasteiger partial charge in [-0.1, -0.05) is 6.92 Å². The standard InChI is InChI=1S/C13H23N3S/c1-4-16(8-12-6-5-7-14-12)9-13-15-10(2)11(3)17-13/h12,14H,4-9H2,1-3H3. The molecule has 17 heavy (non-hydrogen) atoms. The lowest BCUT2D eigenvalue weighted by Gasteiger charge is -2.23. The van der Waals surface area contributed by atoms with Crippen LogP contribution in [0.2, 0.25) is 0 Å². The fourth-order valence-corrected chi connectivity index (χ4v) is 3.30. The van der Waals surface area contributed by atoms with Crippen LogP contribution in [0.3, 0.4) is 0 Å². The summed E-state index contributed by atoms with van der Waals surface area (Å²) < 4.78 is 0. The summed E-state index contributed by atoms with van der Waals surface area (Å²) in [7, 11) is 0. The molecule has 0 amide bonds. The number of rotatable bonds is 5. The molecule has 1 fully saturated rings. The van der Waals surface area contributed by atoms with Crippen molar-refractivity contribution in [2.24, 2.45) is 0 Å². The quantitative estimate of drug-likeness (QED) is 0.873. The molecule has 3 nitrogen and oxygen atoms in total. The highest BCUT2D eigenvalue weighted by Gasteiger charge is 2.18. The van der Waals surface area contributed by atoms with Crippen LogP contribution in [0, 0.1) is 13.8 Å². The van der Waals surface area contributed by atoms with Gasteiger partial charge in [0.05, 0.1) is 12.2 Å². The Balaban J connectivity index is 1.89. The van der Waals surface area contributed by atoms with E-state index in [1.807, 2.05) is 11.3 Å². The molecule has 0 aromatic carbocycles. The first-order chi connectivity index (χ1) is 8.19. The van der Waals surface area contributed by atoms with Gasteiger partial charge in [-0.3, -0.25) is 4.90 Å². The first-order valence-electron chi connectivity index (χ1n) is 6.57. The Morgan fingerprint density at radius 3 is 2.82 bits per heavy atom. The van der Waals surface area contributed by atoms with Crippen molar-refractivity contribution in [1.29, 1.82) is 0 Å². The van der Waals surface area contributed by atoms with Crippen molar-refractivity contribution >= 4 is 11.3 Å². The summed E-state index contributed by atoms with van der Waals surface area (Å²) >= 11 is 1.84. The van der Waals surface area contributed by atoms with E-state index in [1.54, 1.807) is 0 Å². The molecule has 96 valence electrons. The molecule has 4 heteroatoms. The molecule has 1 N–H and O–H groups in total. The lowest BCUT2D eigenvalue weighted by Crippen LogP contribution is -2.37. The Kier molecular flexibility index (Phi) is 4.54. The second-order valence-corrected chi connectivity index (χ2v) is 6.16. The first-order valence-corrected chi connectivity index (χ1v) is 7.39. The monoisotopic (exact) mass is 253 g/mol. The Bertz CT molecular complexity index is 336. The average Bonchev–Trinajstić information content (AvgIpc) is 2.89. The van der Waals surface area contributed by atoms with Crippen LogP contribution in [0.25, 0.3) is 0 Å². The van der Waals surface area contributed by atoms with E-state index in [2.05, 4.69) is 36.0 Å². The maximum atomic E-state index is 4.63. The maximum Gasteiger partial charge on any atom is 0.107 e. The number of hydrogen-bond acceptors (Lipinski definition) is 4. The van der Waals surface area contributed by atoms with Crippen LogP contribution in [0.4, 0.5) is 0 Å². The summed E-state index contributed by atoms with van der Waals surface area (Å²) in [6, 6.07) is 0.692. The van der Waals surface area contributed by atoms with Crippen LogP contribution >= 0.6 is 11.3 Å². The minimum Gasteiger partial charge on any atom is -0.313 e. The summed E-state index contributed by atoms with van der Waals surface area (Å²) in [5.41, 5.74) is 1.19. The van der Waals surface area contributed by atoms with Crippen LogP contribution in [0.5, 0.6) is 0 Å². The highest BCUT2D eigenvalue weighted by atomic mass is 32.1. The zero-order chi connectivity index (χ0) is 12.3. The first kappa shape index (κ1) is 13.0. The van der Waals surface area contributed by atoms with Crippen molar-refractivity contribution in [1.82, 2.24) is 15.2 Å². The molecule has 0 bridgehead atoms. The number of thiazole rings is 1. The number of aromatic nitrogens is 1. The Labute approximate surface area is 108 Å². The van der Waals surface area contributed by atoms with Crippen LogP contribution in [-0.2, 0) is 6.54 Å². The third-order valence-electron chi connectivity index (χ3n) is 3.52. The third kappa shape index (κ3) is 3.50. The topological polar surface area (TPSA) is 28.2 Å². The molecular formula is C13H23N3S. The summed E-state index contributed by atoms with van der Waals surface area (Å²) in [6.07, 6.45) is 2.66. The van der Waals surface area contributed by atoms with Gasteiger partial charge in [0, 0.05) is 17.5 Å². The summed E-state index contributed by atoms with van der Waals surface area (Å²) in [5.74, 6) is 0. The molecule has 1 unspecified atom stereocenters. The van der Waals surface area contributed by atoms with E-state index >= 15 is 0 Å². The summed E-state index contributed by atoms with van der Waals surface area (Å²) in [4.78, 5) is 8.49. The second kappa shape index (κ2) is 5.94. The van der Waals surface area contributed by atoms with E-state index in [9.17, 15) is 0 Å². The van der Waals surface area contributed by atoms with E-state index in [1.165, 1.54) is 35.0 Å². The van der Waals surface area contributed by atoms with E-state index < -0.39 is 0 Å². The molecule has 1 aliphatic rings. The molecule has 1 aromatic heterocycles. The fraction of sp³-hybridized carbons (Fsp3) is 0.769. The predicted molar refractivity (Wildman–Crippen MR) is 73.6 cm³/mol. The van der Waals surface area contributed by atoms with Crippen molar-refractivity contribution in [2.45, 2.75) is 46.2 Å². The minimum absolute atomic E-state index is 0.692. The van der Waals surface area contributed by atoms with Crippen molar-refractivity contribution in [2.75, 3.05) is 19.6 Å². The summed E-state index contributed by atoms with van der Waals surface area (Å²) in [5, 5.41) is 4.83. The van der Waals surface area contributed by atoms with Crippen LogP contribution in [-0.4, -0.2) is 35.6 Å². The molecule has 2 heterocycles. The molecule has 0 radical (unpaired) electrons. The smallest absolute Gasteiger partial charge is 0.107 e. The zero-order valence-electron chi connectivity index (χ0n) is 11.1. The molecule has 1 aliphatic heterocycles. The van der Waals surface area contributed by atoms with E-state index in [-0.39, 0.29) is 0 Å². The van der Waals surface area contributed by atoms with Crippen LogP contribution in [0.15, 0.2) is 0 Å². The van der Waals surface area contributed by atoms with Crippen molar-refractivity contribution in [3.8, 4) is 0 Å². The second-order valence-electron chi connectivity index (χ2n) is 4.87. The van der Waals surface area contributed by atoms with E-state index in [4.69, 9.17) is 0 Å². The Hall–Kier alpha value is -0.450. The van der Waals surface area contributed by atoms with E-state index in [0.717, 1.165) is 19.6 Å².